The normalized spacial score (nSPS) is 12.4. The standard InChI is InChI=1S/C21H22O5/c1-24-17-8-9-20(25-2)18(12-17)19(22)13-26-21(23)11-14-6-7-15-4-3-5-16(15)10-14/h6-10,12H,3-5,11,13H2,1-2H3. The van der Waals surface area contributed by atoms with Crippen molar-refractivity contribution in [3.63, 3.8) is 0 Å². The molecule has 2 aromatic rings. The van der Waals surface area contributed by atoms with Crippen LogP contribution in [-0.2, 0) is 28.8 Å². The molecule has 0 atom stereocenters. The van der Waals surface area contributed by atoms with Crippen molar-refractivity contribution in [3.05, 3.63) is 58.7 Å². The number of methoxy groups -OCH3 is 2. The minimum Gasteiger partial charge on any atom is -0.497 e. The molecule has 136 valence electrons. The summed E-state index contributed by atoms with van der Waals surface area (Å²) >= 11 is 0. The fourth-order valence-corrected chi connectivity index (χ4v) is 3.21. The number of rotatable bonds is 7. The zero-order valence-electron chi connectivity index (χ0n) is 15.0. The predicted octanol–water partition coefficient (Wildman–Crippen LogP) is 3.16. The third kappa shape index (κ3) is 4.04. The van der Waals surface area contributed by atoms with Gasteiger partial charge in [-0.25, -0.2) is 0 Å². The van der Waals surface area contributed by atoms with Gasteiger partial charge < -0.3 is 14.2 Å². The largest absolute Gasteiger partial charge is 0.497 e. The number of ketones is 1. The molecule has 0 N–H and O–H groups in total. The maximum Gasteiger partial charge on any atom is 0.310 e. The summed E-state index contributed by atoms with van der Waals surface area (Å²) in [7, 11) is 3.01. The fraction of sp³-hybridized carbons (Fsp3) is 0.333. The number of esters is 1. The Kier molecular flexibility index (Phi) is 5.56. The van der Waals surface area contributed by atoms with Crippen LogP contribution in [-0.4, -0.2) is 32.6 Å². The van der Waals surface area contributed by atoms with Gasteiger partial charge in [0.25, 0.3) is 0 Å². The molecule has 0 fully saturated rings. The topological polar surface area (TPSA) is 61.8 Å². The van der Waals surface area contributed by atoms with Crippen molar-refractivity contribution in [2.24, 2.45) is 0 Å². The molecule has 5 heteroatoms. The van der Waals surface area contributed by atoms with E-state index in [4.69, 9.17) is 14.2 Å². The van der Waals surface area contributed by atoms with Crippen molar-refractivity contribution in [1.29, 1.82) is 0 Å². The van der Waals surface area contributed by atoms with Crippen LogP contribution in [0, 0.1) is 0 Å². The molecule has 3 rings (SSSR count). The highest BCUT2D eigenvalue weighted by molar-refractivity contribution is 6.00. The van der Waals surface area contributed by atoms with Crippen molar-refractivity contribution in [1.82, 2.24) is 0 Å². The average Bonchev–Trinajstić information content (AvgIpc) is 3.13. The summed E-state index contributed by atoms with van der Waals surface area (Å²) in [4.78, 5) is 24.5. The van der Waals surface area contributed by atoms with E-state index in [2.05, 4.69) is 12.1 Å². The molecule has 0 saturated carbocycles. The first-order valence-corrected chi connectivity index (χ1v) is 8.62. The molecule has 0 heterocycles. The Balaban J connectivity index is 1.60. The van der Waals surface area contributed by atoms with E-state index in [1.807, 2.05) is 6.07 Å². The van der Waals surface area contributed by atoms with Gasteiger partial charge in [-0.1, -0.05) is 18.2 Å². The van der Waals surface area contributed by atoms with Crippen LogP contribution in [0.3, 0.4) is 0 Å². The van der Waals surface area contributed by atoms with E-state index in [1.165, 1.54) is 31.8 Å². The van der Waals surface area contributed by atoms with Crippen molar-refractivity contribution < 1.29 is 23.8 Å². The summed E-state index contributed by atoms with van der Waals surface area (Å²) in [6, 6.07) is 11.0. The molecule has 0 radical (unpaired) electrons. The molecular weight excluding hydrogens is 332 g/mol. The van der Waals surface area contributed by atoms with E-state index < -0.39 is 5.97 Å². The fourth-order valence-electron chi connectivity index (χ4n) is 3.21. The van der Waals surface area contributed by atoms with E-state index in [0.29, 0.717) is 17.1 Å². The van der Waals surface area contributed by atoms with Gasteiger partial charge in [-0.2, -0.15) is 0 Å². The maximum atomic E-state index is 12.4. The Hall–Kier alpha value is -2.82. The Bertz CT molecular complexity index is 825. The van der Waals surface area contributed by atoms with Crippen LogP contribution in [0.15, 0.2) is 36.4 Å². The Labute approximate surface area is 152 Å². The first-order chi connectivity index (χ1) is 12.6. The highest BCUT2D eigenvalue weighted by Gasteiger charge is 2.17. The van der Waals surface area contributed by atoms with Crippen molar-refractivity contribution in [2.75, 3.05) is 20.8 Å². The first kappa shape index (κ1) is 18.0. The number of hydrogen-bond acceptors (Lipinski definition) is 5. The van der Waals surface area contributed by atoms with Crippen LogP contribution in [0.25, 0.3) is 0 Å². The monoisotopic (exact) mass is 354 g/mol. The molecule has 5 nitrogen and oxygen atoms in total. The van der Waals surface area contributed by atoms with Gasteiger partial charge in [0.1, 0.15) is 11.5 Å². The maximum absolute atomic E-state index is 12.4. The van der Waals surface area contributed by atoms with E-state index in [9.17, 15) is 9.59 Å². The molecule has 0 aromatic heterocycles. The molecular formula is C21H22O5. The van der Waals surface area contributed by atoms with Gasteiger partial charge in [0.2, 0.25) is 5.78 Å². The summed E-state index contributed by atoms with van der Waals surface area (Å²) < 4.78 is 15.5. The van der Waals surface area contributed by atoms with Gasteiger partial charge in [0, 0.05) is 0 Å². The van der Waals surface area contributed by atoms with Gasteiger partial charge in [0.15, 0.2) is 6.61 Å². The lowest BCUT2D eigenvalue weighted by molar-refractivity contribution is -0.141. The quantitative estimate of drug-likeness (QED) is 0.565. The lowest BCUT2D eigenvalue weighted by Gasteiger charge is -2.10. The number of benzene rings is 2. The van der Waals surface area contributed by atoms with Crippen LogP contribution >= 0.6 is 0 Å². The minimum atomic E-state index is -0.418. The second kappa shape index (κ2) is 8.04. The smallest absolute Gasteiger partial charge is 0.310 e. The number of carbonyl (C=O) groups excluding carboxylic acids is 2. The van der Waals surface area contributed by atoms with Crippen LogP contribution in [0.1, 0.15) is 33.5 Å². The van der Waals surface area contributed by atoms with Gasteiger partial charge in [0.05, 0.1) is 26.2 Å². The molecule has 1 aliphatic rings. The van der Waals surface area contributed by atoms with Crippen LogP contribution in [0.2, 0.25) is 0 Å². The molecule has 2 aromatic carbocycles. The number of ether oxygens (including phenoxy) is 3. The summed E-state index contributed by atoms with van der Waals surface area (Å²) in [5.74, 6) is 0.213. The van der Waals surface area contributed by atoms with Crippen molar-refractivity contribution in [3.8, 4) is 11.5 Å². The van der Waals surface area contributed by atoms with Crippen LogP contribution < -0.4 is 9.47 Å². The molecule has 0 bridgehead atoms. The third-order valence-electron chi connectivity index (χ3n) is 4.58. The SMILES string of the molecule is COc1ccc(OC)c(C(=O)COC(=O)Cc2ccc3c(c2)CCC3)c1. The van der Waals surface area contributed by atoms with Crippen molar-refractivity contribution in [2.45, 2.75) is 25.7 Å². The number of aryl methyl sites for hydroxylation is 2. The molecule has 0 spiro atoms. The van der Waals surface area contributed by atoms with E-state index in [-0.39, 0.29) is 18.8 Å². The third-order valence-corrected chi connectivity index (χ3v) is 4.58. The van der Waals surface area contributed by atoms with E-state index in [1.54, 1.807) is 18.2 Å². The van der Waals surface area contributed by atoms with Crippen molar-refractivity contribution >= 4 is 11.8 Å². The molecule has 0 amide bonds. The van der Waals surface area contributed by atoms with E-state index in [0.717, 1.165) is 18.4 Å². The number of fused-ring (bicyclic) bond motifs is 1. The number of hydrogen-bond donors (Lipinski definition) is 0. The summed E-state index contributed by atoms with van der Waals surface area (Å²) in [5, 5.41) is 0. The number of carbonyl (C=O) groups is 2. The van der Waals surface area contributed by atoms with Gasteiger partial charge in [-0.05, 0) is 54.2 Å². The average molecular weight is 354 g/mol. The molecule has 26 heavy (non-hydrogen) atoms. The molecule has 0 aliphatic heterocycles. The first-order valence-electron chi connectivity index (χ1n) is 8.62. The lowest BCUT2D eigenvalue weighted by Crippen LogP contribution is -2.16. The highest BCUT2D eigenvalue weighted by atomic mass is 16.5. The second-order valence-corrected chi connectivity index (χ2v) is 6.28. The molecule has 0 unspecified atom stereocenters. The Morgan fingerprint density at radius 3 is 2.54 bits per heavy atom. The Morgan fingerprint density at radius 2 is 1.77 bits per heavy atom. The van der Waals surface area contributed by atoms with Gasteiger partial charge >= 0.3 is 5.97 Å². The predicted molar refractivity (Wildman–Crippen MR) is 97.0 cm³/mol. The Morgan fingerprint density at radius 1 is 0.962 bits per heavy atom. The highest BCUT2D eigenvalue weighted by Crippen LogP contribution is 2.25. The molecule has 0 saturated heterocycles. The lowest BCUT2D eigenvalue weighted by atomic mass is 10.0. The van der Waals surface area contributed by atoms with E-state index >= 15 is 0 Å². The second-order valence-electron chi connectivity index (χ2n) is 6.28. The minimum absolute atomic E-state index is 0.163. The zero-order chi connectivity index (χ0) is 18.5. The zero-order valence-corrected chi connectivity index (χ0v) is 15.0. The number of Topliss-reactive ketones (excluding diaryl/α,β-unsaturated/α-hetero) is 1. The molecule has 1 aliphatic carbocycles. The summed E-state index contributed by atoms with van der Waals surface area (Å²) in [6.07, 6.45) is 3.50. The van der Waals surface area contributed by atoms with Crippen LogP contribution in [0.4, 0.5) is 0 Å². The van der Waals surface area contributed by atoms with Crippen LogP contribution in [0.5, 0.6) is 11.5 Å². The summed E-state index contributed by atoms with van der Waals surface area (Å²) in [5.41, 5.74) is 3.93. The summed E-state index contributed by atoms with van der Waals surface area (Å²) in [6.45, 7) is -0.326. The van der Waals surface area contributed by atoms with Gasteiger partial charge in [-0.15, -0.1) is 0 Å². The van der Waals surface area contributed by atoms with Gasteiger partial charge in [-0.3, -0.25) is 9.59 Å².